The average Bonchev–Trinajstić information content (AvgIpc) is 3.43. The summed E-state index contributed by atoms with van der Waals surface area (Å²) in [5.74, 6) is -0.108. The van der Waals surface area contributed by atoms with Crippen molar-refractivity contribution in [3.05, 3.63) is 71.1 Å². The largest absolute Gasteiger partial charge is 0.417 e. The van der Waals surface area contributed by atoms with Crippen molar-refractivity contribution in [3.8, 4) is 0 Å². The number of hydrogen-bond donors (Lipinski definition) is 1. The van der Waals surface area contributed by atoms with Gasteiger partial charge < -0.3 is 10.5 Å². The summed E-state index contributed by atoms with van der Waals surface area (Å²) in [4.78, 5) is 27.6. The number of alkyl halides is 3. The molecular formula is C23H20F3N7O2. The van der Waals surface area contributed by atoms with Crippen LogP contribution in [0.15, 0.2) is 43.0 Å². The standard InChI is InChI=1S/C23H20F3N7O2/c1-12-20-17(11-35-12)16-5-18(29-8-19(16)31-21(20)27)22(34)33(15-7-30-32(2)10-15)9-14-4-3-13(6-28-14)23(24,25)26/h3-8,10,12H,9,11H2,1-2H3,(H2,27,31)/t12-/m1/s1. The van der Waals surface area contributed by atoms with Gasteiger partial charge in [-0.25, -0.2) is 9.97 Å². The van der Waals surface area contributed by atoms with E-state index in [1.54, 1.807) is 19.3 Å². The second kappa shape index (κ2) is 8.31. The Balaban J connectivity index is 1.53. The molecule has 0 saturated carbocycles. The molecule has 0 bridgehead atoms. The highest BCUT2D eigenvalue weighted by atomic mass is 19.4. The second-order valence-corrected chi connectivity index (χ2v) is 8.23. The molecule has 5 rings (SSSR count). The minimum atomic E-state index is -4.50. The molecular weight excluding hydrogens is 463 g/mol. The molecule has 1 aliphatic rings. The van der Waals surface area contributed by atoms with E-state index in [0.717, 1.165) is 23.4 Å². The van der Waals surface area contributed by atoms with E-state index in [1.807, 2.05) is 6.92 Å². The number of fused-ring (bicyclic) bond motifs is 3. The van der Waals surface area contributed by atoms with Crippen LogP contribution in [0, 0.1) is 0 Å². The number of pyridine rings is 3. The van der Waals surface area contributed by atoms with Crippen LogP contribution in [0.5, 0.6) is 0 Å². The van der Waals surface area contributed by atoms with Crippen LogP contribution in [-0.4, -0.2) is 30.6 Å². The fourth-order valence-electron chi connectivity index (χ4n) is 4.10. The quantitative estimate of drug-likeness (QED) is 0.470. The summed E-state index contributed by atoms with van der Waals surface area (Å²) in [6, 6.07) is 3.81. The first-order valence-electron chi connectivity index (χ1n) is 10.6. The number of nitrogen functional groups attached to an aromatic ring is 1. The zero-order valence-electron chi connectivity index (χ0n) is 18.7. The van der Waals surface area contributed by atoms with Crippen molar-refractivity contribution in [2.75, 3.05) is 10.6 Å². The summed E-state index contributed by atoms with van der Waals surface area (Å²) in [6.07, 6.45) is 0.609. The highest BCUT2D eigenvalue weighted by molar-refractivity contribution is 6.06. The van der Waals surface area contributed by atoms with Gasteiger partial charge in [-0.05, 0) is 30.7 Å². The number of halogens is 3. The zero-order valence-corrected chi connectivity index (χ0v) is 18.7. The number of anilines is 2. The minimum Gasteiger partial charge on any atom is -0.383 e. The van der Waals surface area contributed by atoms with Crippen LogP contribution in [-0.2, 0) is 31.1 Å². The first-order valence-corrected chi connectivity index (χ1v) is 10.6. The molecule has 0 saturated heterocycles. The molecule has 0 fully saturated rings. The molecule has 0 aromatic carbocycles. The number of nitrogens with zero attached hydrogens (tertiary/aromatic N) is 6. The Morgan fingerprint density at radius 3 is 2.71 bits per heavy atom. The molecule has 1 atom stereocenters. The molecule has 0 spiro atoms. The normalized spacial score (nSPS) is 15.4. The Morgan fingerprint density at radius 1 is 1.26 bits per heavy atom. The van der Waals surface area contributed by atoms with Crippen molar-refractivity contribution >= 4 is 28.3 Å². The van der Waals surface area contributed by atoms with Crippen molar-refractivity contribution in [2.24, 2.45) is 7.05 Å². The molecule has 5 heterocycles. The van der Waals surface area contributed by atoms with Crippen molar-refractivity contribution in [1.82, 2.24) is 24.7 Å². The minimum absolute atomic E-state index is 0.0827. The van der Waals surface area contributed by atoms with Gasteiger partial charge in [-0.15, -0.1) is 0 Å². The summed E-state index contributed by atoms with van der Waals surface area (Å²) < 4.78 is 46.0. The first-order chi connectivity index (χ1) is 16.6. The van der Waals surface area contributed by atoms with Gasteiger partial charge in [0.05, 0.1) is 54.1 Å². The maximum absolute atomic E-state index is 13.6. The van der Waals surface area contributed by atoms with Gasteiger partial charge in [-0.1, -0.05) is 0 Å². The van der Waals surface area contributed by atoms with Gasteiger partial charge in [-0.3, -0.25) is 19.4 Å². The van der Waals surface area contributed by atoms with Crippen molar-refractivity contribution in [3.63, 3.8) is 0 Å². The molecule has 0 unspecified atom stereocenters. The Kier molecular flexibility index (Phi) is 5.39. The first kappa shape index (κ1) is 22.7. The molecule has 1 amide bonds. The number of nitrogens with two attached hydrogens (primary N) is 1. The molecule has 0 aliphatic carbocycles. The Bertz CT molecular complexity index is 1430. The number of aromatic nitrogens is 5. The van der Waals surface area contributed by atoms with Crippen LogP contribution >= 0.6 is 0 Å². The number of carbonyl (C=O) groups excluding carboxylic acids is 1. The molecule has 4 aromatic rings. The van der Waals surface area contributed by atoms with Crippen LogP contribution in [0.4, 0.5) is 24.7 Å². The van der Waals surface area contributed by atoms with Crippen molar-refractivity contribution in [2.45, 2.75) is 32.4 Å². The van der Waals surface area contributed by atoms with Crippen LogP contribution in [0.2, 0.25) is 0 Å². The van der Waals surface area contributed by atoms with E-state index in [4.69, 9.17) is 10.5 Å². The van der Waals surface area contributed by atoms with E-state index in [1.165, 1.54) is 28.0 Å². The number of aryl methyl sites for hydroxylation is 1. The molecule has 9 nitrogen and oxygen atoms in total. The van der Waals surface area contributed by atoms with Gasteiger partial charge in [0.2, 0.25) is 0 Å². The monoisotopic (exact) mass is 483 g/mol. The molecule has 4 aromatic heterocycles. The van der Waals surface area contributed by atoms with E-state index >= 15 is 0 Å². The van der Waals surface area contributed by atoms with Gasteiger partial charge in [0.25, 0.3) is 5.91 Å². The van der Waals surface area contributed by atoms with Crippen molar-refractivity contribution in [1.29, 1.82) is 0 Å². The van der Waals surface area contributed by atoms with Gasteiger partial charge in [0.15, 0.2) is 0 Å². The maximum Gasteiger partial charge on any atom is 0.417 e. The Hall–Kier alpha value is -4.06. The number of hydrogen-bond acceptors (Lipinski definition) is 7. The van der Waals surface area contributed by atoms with Crippen LogP contribution in [0.25, 0.3) is 10.9 Å². The second-order valence-electron chi connectivity index (χ2n) is 8.23. The molecule has 0 radical (unpaired) electrons. The van der Waals surface area contributed by atoms with Crippen LogP contribution in [0.3, 0.4) is 0 Å². The third-order valence-electron chi connectivity index (χ3n) is 5.87. The lowest BCUT2D eigenvalue weighted by Gasteiger charge is -2.21. The highest BCUT2D eigenvalue weighted by Gasteiger charge is 2.31. The zero-order chi connectivity index (χ0) is 24.9. The highest BCUT2D eigenvalue weighted by Crippen LogP contribution is 2.38. The van der Waals surface area contributed by atoms with E-state index in [9.17, 15) is 18.0 Å². The summed E-state index contributed by atoms with van der Waals surface area (Å²) >= 11 is 0. The number of ether oxygens (including phenoxy) is 1. The average molecular weight is 483 g/mol. The third-order valence-corrected chi connectivity index (χ3v) is 5.87. The van der Waals surface area contributed by atoms with Gasteiger partial charge in [0.1, 0.15) is 11.5 Å². The van der Waals surface area contributed by atoms with E-state index in [0.29, 0.717) is 29.0 Å². The van der Waals surface area contributed by atoms with E-state index < -0.39 is 17.6 Å². The van der Waals surface area contributed by atoms with Gasteiger partial charge >= 0.3 is 6.18 Å². The Morgan fingerprint density at radius 2 is 2.06 bits per heavy atom. The Labute approximate surface area is 197 Å². The predicted molar refractivity (Wildman–Crippen MR) is 120 cm³/mol. The number of amides is 1. The number of carbonyl (C=O) groups is 1. The smallest absolute Gasteiger partial charge is 0.383 e. The summed E-state index contributed by atoms with van der Waals surface area (Å²) in [6.45, 7) is 2.13. The van der Waals surface area contributed by atoms with E-state index in [2.05, 4.69) is 20.1 Å². The lowest BCUT2D eigenvalue weighted by atomic mass is 10.0. The van der Waals surface area contributed by atoms with Crippen LogP contribution < -0.4 is 10.6 Å². The molecule has 1 aliphatic heterocycles. The van der Waals surface area contributed by atoms with Gasteiger partial charge in [-0.2, -0.15) is 18.3 Å². The molecule has 12 heteroatoms. The molecule has 180 valence electrons. The molecule has 35 heavy (non-hydrogen) atoms. The SMILES string of the molecule is C[C@H]1OCc2c1c(N)nc1cnc(C(=O)N(Cc3ccc(C(F)(F)F)cn3)c3cnn(C)c3)cc21. The fraction of sp³-hybridized carbons (Fsp3) is 0.261. The third kappa shape index (κ3) is 4.16. The predicted octanol–water partition coefficient (Wildman–Crippen LogP) is 3.80. The topological polar surface area (TPSA) is 112 Å². The van der Waals surface area contributed by atoms with Crippen LogP contribution in [0.1, 0.15) is 45.9 Å². The van der Waals surface area contributed by atoms with Gasteiger partial charge in [0, 0.05) is 30.4 Å². The number of rotatable bonds is 4. The summed E-state index contributed by atoms with van der Waals surface area (Å²) in [7, 11) is 1.69. The maximum atomic E-state index is 13.6. The molecule has 2 N–H and O–H groups in total. The fourth-order valence-corrected chi connectivity index (χ4v) is 4.10. The summed E-state index contributed by atoms with van der Waals surface area (Å²) in [5, 5.41) is 4.81. The lowest BCUT2D eigenvalue weighted by Crippen LogP contribution is -2.31. The summed E-state index contributed by atoms with van der Waals surface area (Å²) in [5.41, 5.74) is 8.25. The van der Waals surface area contributed by atoms with E-state index in [-0.39, 0.29) is 24.0 Å². The lowest BCUT2D eigenvalue weighted by molar-refractivity contribution is -0.137. The van der Waals surface area contributed by atoms with Crippen molar-refractivity contribution < 1.29 is 22.7 Å².